The van der Waals surface area contributed by atoms with Crippen LogP contribution in [-0.4, -0.2) is 32.2 Å². The number of hydrogen-bond acceptors (Lipinski definition) is 3. The van der Waals surface area contributed by atoms with Crippen LogP contribution < -0.4 is 0 Å². The van der Waals surface area contributed by atoms with Crippen molar-refractivity contribution >= 4 is 0 Å². The second-order valence-electron chi connectivity index (χ2n) is 3.08. The Balaban J connectivity index is 1.59. The van der Waals surface area contributed by atoms with Crippen LogP contribution in [0.25, 0.3) is 0 Å². The van der Waals surface area contributed by atoms with Gasteiger partial charge in [-0.25, -0.2) is 0 Å². The third kappa shape index (κ3) is 2.43. The van der Waals surface area contributed by atoms with Crippen molar-refractivity contribution in [2.75, 3.05) is 19.8 Å². The van der Waals surface area contributed by atoms with E-state index >= 15 is 0 Å². The van der Waals surface area contributed by atoms with Crippen molar-refractivity contribution < 1.29 is 14.2 Å². The van der Waals surface area contributed by atoms with Crippen LogP contribution in [0.5, 0.6) is 0 Å². The molecule has 2 atom stereocenters. The van der Waals surface area contributed by atoms with Gasteiger partial charge in [-0.3, -0.25) is 0 Å². The van der Waals surface area contributed by atoms with Crippen LogP contribution in [0.4, 0.5) is 0 Å². The molecule has 3 nitrogen and oxygen atoms in total. The summed E-state index contributed by atoms with van der Waals surface area (Å²) in [6.45, 7) is 2.44. The zero-order valence-electron chi connectivity index (χ0n) is 6.62. The third-order valence-electron chi connectivity index (χ3n) is 2.01. The van der Waals surface area contributed by atoms with E-state index < -0.39 is 0 Å². The van der Waals surface area contributed by atoms with E-state index in [-0.39, 0.29) is 6.29 Å². The Morgan fingerprint density at radius 2 is 2.18 bits per heavy atom. The molecule has 0 bridgehead atoms. The predicted octanol–water partition coefficient (Wildman–Crippen LogP) is 0.928. The molecule has 2 fully saturated rings. The highest BCUT2D eigenvalue weighted by atomic mass is 16.7. The van der Waals surface area contributed by atoms with Crippen molar-refractivity contribution in [1.29, 1.82) is 0 Å². The molecule has 2 unspecified atom stereocenters. The van der Waals surface area contributed by atoms with Gasteiger partial charge in [-0.2, -0.15) is 0 Å². The van der Waals surface area contributed by atoms with Gasteiger partial charge in [0, 0.05) is 6.61 Å². The molecule has 64 valence electrons. The van der Waals surface area contributed by atoms with Gasteiger partial charge < -0.3 is 14.2 Å². The lowest BCUT2D eigenvalue weighted by Gasteiger charge is -2.22. The van der Waals surface area contributed by atoms with E-state index in [1.54, 1.807) is 0 Å². The van der Waals surface area contributed by atoms with E-state index in [9.17, 15) is 0 Å². The van der Waals surface area contributed by atoms with Crippen molar-refractivity contribution in [2.24, 2.45) is 0 Å². The number of ether oxygens (including phenoxy) is 3. The molecule has 2 aliphatic rings. The highest BCUT2D eigenvalue weighted by Gasteiger charge is 2.25. The minimum atomic E-state index is 0.0490. The van der Waals surface area contributed by atoms with E-state index in [2.05, 4.69) is 0 Å². The smallest absolute Gasteiger partial charge is 0.157 e. The first-order valence-electron chi connectivity index (χ1n) is 4.30. The summed E-state index contributed by atoms with van der Waals surface area (Å²) in [7, 11) is 0. The molecule has 2 saturated heterocycles. The zero-order valence-corrected chi connectivity index (χ0v) is 6.62. The first-order valence-corrected chi connectivity index (χ1v) is 4.30. The van der Waals surface area contributed by atoms with Gasteiger partial charge in [0.1, 0.15) is 6.10 Å². The van der Waals surface area contributed by atoms with E-state index in [0.29, 0.717) is 12.7 Å². The molecule has 2 heterocycles. The van der Waals surface area contributed by atoms with E-state index in [4.69, 9.17) is 14.2 Å². The molecule has 0 radical (unpaired) electrons. The quantitative estimate of drug-likeness (QED) is 0.572. The lowest BCUT2D eigenvalue weighted by atomic mass is 10.2. The van der Waals surface area contributed by atoms with Crippen LogP contribution in [0, 0.1) is 0 Å². The molecular formula is C8H14O3. The van der Waals surface area contributed by atoms with Crippen LogP contribution >= 0.6 is 0 Å². The first kappa shape index (κ1) is 7.53. The molecule has 2 aliphatic heterocycles. The lowest BCUT2D eigenvalue weighted by molar-refractivity contribution is -0.164. The summed E-state index contributed by atoms with van der Waals surface area (Å²) in [5.74, 6) is 0. The first-order chi connectivity index (χ1) is 5.45. The Morgan fingerprint density at radius 3 is 2.82 bits per heavy atom. The van der Waals surface area contributed by atoms with Crippen LogP contribution in [-0.2, 0) is 14.2 Å². The van der Waals surface area contributed by atoms with E-state index in [1.165, 1.54) is 12.8 Å². The fourth-order valence-corrected chi connectivity index (χ4v) is 1.22. The second kappa shape index (κ2) is 3.52. The monoisotopic (exact) mass is 158 g/mol. The molecule has 0 spiro atoms. The summed E-state index contributed by atoms with van der Waals surface area (Å²) >= 11 is 0. The molecule has 0 aromatic carbocycles. The Hall–Kier alpha value is -0.120. The Kier molecular flexibility index (Phi) is 2.41. The maximum absolute atomic E-state index is 5.46. The van der Waals surface area contributed by atoms with Crippen molar-refractivity contribution in [1.82, 2.24) is 0 Å². The molecule has 11 heavy (non-hydrogen) atoms. The van der Waals surface area contributed by atoms with Crippen molar-refractivity contribution in [2.45, 2.75) is 31.7 Å². The summed E-state index contributed by atoms with van der Waals surface area (Å²) in [6, 6.07) is 0. The van der Waals surface area contributed by atoms with Gasteiger partial charge in [0.05, 0.1) is 13.2 Å². The second-order valence-corrected chi connectivity index (χ2v) is 3.08. The molecule has 0 aromatic rings. The van der Waals surface area contributed by atoms with Gasteiger partial charge in [0.25, 0.3) is 0 Å². The molecule has 0 aliphatic carbocycles. The Bertz CT molecular complexity index is 117. The molecule has 2 rings (SSSR count). The normalized spacial score (nSPS) is 37.1. The Labute approximate surface area is 66.6 Å². The minimum Gasteiger partial charge on any atom is -0.371 e. The van der Waals surface area contributed by atoms with Gasteiger partial charge in [0.15, 0.2) is 6.29 Å². The zero-order chi connectivity index (χ0) is 7.52. The van der Waals surface area contributed by atoms with Gasteiger partial charge in [-0.15, -0.1) is 0 Å². The lowest BCUT2D eigenvalue weighted by Crippen LogP contribution is -2.23. The van der Waals surface area contributed by atoms with Crippen LogP contribution in [0.15, 0.2) is 0 Å². The largest absolute Gasteiger partial charge is 0.371 e. The average molecular weight is 158 g/mol. The van der Waals surface area contributed by atoms with Crippen LogP contribution in [0.2, 0.25) is 0 Å². The molecule has 0 N–H and O–H groups in total. The van der Waals surface area contributed by atoms with E-state index in [0.717, 1.165) is 19.6 Å². The van der Waals surface area contributed by atoms with Gasteiger partial charge in [-0.05, 0) is 19.3 Å². The van der Waals surface area contributed by atoms with Crippen LogP contribution in [0.3, 0.4) is 0 Å². The van der Waals surface area contributed by atoms with Crippen molar-refractivity contribution in [3.63, 3.8) is 0 Å². The number of epoxide rings is 1. The SMILES string of the molecule is C1CCC(OCC2CO2)OC1. The minimum absolute atomic E-state index is 0.0490. The topological polar surface area (TPSA) is 31.0 Å². The highest BCUT2D eigenvalue weighted by molar-refractivity contribution is 4.68. The Morgan fingerprint density at radius 1 is 1.27 bits per heavy atom. The fourth-order valence-electron chi connectivity index (χ4n) is 1.22. The molecule has 0 saturated carbocycles. The third-order valence-corrected chi connectivity index (χ3v) is 2.01. The maximum atomic E-state index is 5.46. The summed E-state index contributed by atoms with van der Waals surface area (Å²) in [5, 5.41) is 0. The summed E-state index contributed by atoms with van der Waals surface area (Å²) in [4.78, 5) is 0. The number of rotatable bonds is 3. The molecule has 0 amide bonds. The summed E-state index contributed by atoms with van der Waals surface area (Å²) in [5.41, 5.74) is 0. The standard InChI is InChI=1S/C8H14O3/c1-2-4-9-8(3-1)11-6-7-5-10-7/h7-8H,1-6H2. The summed E-state index contributed by atoms with van der Waals surface area (Å²) < 4.78 is 15.9. The highest BCUT2D eigenvalue weighted by Crippen LogP contribution is 2.16. The average Bonchev–Trinajstić information content (AvgIpc) is 2.86. The van der Waals surface area contributed by atoms with E-state index in [1.807, 2.05) is 0 Å². The van der Waals surface area contributed by atoms with Crippen molar-refractivity contribution in [3.05, 3.63) is 0 Å². The van der Waals surface area contributed by atoms with Crippen LogP contribution in [0.1, 0.15) is 19.3 Å². The summed E-state index contributed by atoms with van der Waals surface area (Å²) in [6.07, 6.45) is 3.87. The van der Waals surface area contributed by atoms with Crippen molar-refractivity contribution in [3.8, 4) is 0 Å². The van der Waals surface area contributed by atoms with Gasteiger partial charge in [-0.1, -0.05) is 0 Å². The fraction of sp³-hybridized carbons (Fsp3) is 1.00. The van der Waals surface area contributed by atoms with Gasteiger partial charge in [0.2, 0.25) is 0 Å². The molecular weight excluding hydrogens is 144 g/mol. The predicted molar refractivity (Wildman–Crippen MR) is 39.3 cm³/mol. The molecule has 0 aromatic heterocycles. The number of hydrogen-bond donors (Lipinski definition) is 0. The maximum Gasteiger partial charge on any atom is 0.157 e. The van der Waals surface area contributed by atoms with Gasteiger partial charge >= 0.3 is 0 Å². The molecule has 3 heteroatoms.